The third kappa shape index (κ3) is 13.8. The van der Waals surface area contributed by atoms with E-state index in [2.05, 4.69) is 32.2 Å². The number of hydrogen-bond donors (Lipinski definition) is 4. The molecule has 2 aromatic heterocycles. The molecule has 0 aliphatic carbocycles. The number of likely N-dealkylation sites (tertiary alicyclic amines) is 1. The number of nitrogen functional groups attached to an aromatic ring is 2. The van der Waals surface area contributed by atoms with E-state index < -0.39 is 5.91 Å². The highest BCUT2D eigenvalue weighted by Crippen LogP contribution is 2.38. The summed E-state index contributed by atoms with van der Waals surface area (Å²) in [5, 5.41) is 24.5. The molecular weight excluding hydrogens is 895 g/mol. The Morgan fingerprint density at radius 2 is 1.41 bits per heavy atom. The van der Waals surface area contributed by atoms with E-state index in [0.29, 0.717) is 59.8 Å². The lowest BCUT2D eigenvalue weighted by atomic mass is 10.0. The van der Waals surface area contributed by atoms with Crippen LogP contribution in [-0.4, -0.2) is 76.3 Å². The minimum Gasteiger partial charge on any atom is -0.457 e. The summed E-state index contributed by atoms with van der Waals surface area (Å²) in [6.45, 7) is 5.06. The average Bonchev–Trinajstić information content (AvgIpc) is 3.38. The fraction of sp³-hybridized carbons (Fsp3) is 0.145. The van der Waals surface area contributed by atoms with Gasteiger partial charge >= 0.3 is 0 Å². The number of likely N-dealkylation sites (N-methyl/N-ethyl adjacent to an activating group) is 1. The second-order valence-corrected chi connectivity index (χ2v) is 16.3. The van der Waals surface area contributed by atoms with Gasteiger partial charge in [-0.2, -0.15) is 15.5 Å². The summed E-state index contributed by atoms with van der Waals surface area (Å²) >= 11 is 0. The molecule has 1 aliphatic heterocycles. The molecule has 6 N–H and O–H groups in total. The fourth-order valence-electron chi connectivity index (χ4n) is 7.33. The number of nitrogens with zero attached hydrogens (tertiary/aromatic N) is 7. The first-order valence-electron chi connectivity index (χ1n) is 22.5. The number of anilines is 4. The van der Waals surface area contributed by atoms with Crippen LogP contribution in [0.2, 0.25) is 0 Å². The number of piperidine rings is 1. The van der Waals surface area contributed by atoms with Gasteiger partial charge in [0.2, 0.25) is 5.95 Å². The van der Waals surface area contributed by atoms with Crippen LogP contribution in [0, 0.1) is 22.7 Å². The first-order chi connectivity index (χ1) is 34.5. The highest BCUT2D eigenvalue weighted by molar-refractivity contribution is 6.06. The Hall–Kier alpha value is -9.51. The van der Waals surface area contributed by atoms with Crippen LogP contribution in [0.25, 0.3) is 22.3 Å². The Kier molecular flexibility index (Phi) is 16.7. The average molecular weight is 946 g/mol. The van der Waals surface area contributed by atoms with Gasteiger partial charge in [-0.05, 0) is 111 Å². The summed E-state index contributed by atoms with van der Waals surface area (Å²) in [7, 11) is 3.72. The van der Waals surface area contributed by atoms with E-state index >= 15 is 0 Å². The molecule has 5 aromatic carbocycles. The third-order valence-corrected chi connectivity index (χ3v) is 10.8. The van der Waals surface area contributed by atoms with Crippen molar-refractivity contribution in [2.45, 2.75) is 18.9 Å². The number of benzene rings is 5. The van der Waals surface area contributed by atoms with Crippen LogP contribution >= 0.6 is 0 Å². The normalized spacial score (nSPS) is 13.1. The Morgan fingerprint density at radius 1 is 0.789 bits per heavy atom. The summed E-state index contributed by atoms with van der Waals surface area (Å²) in [6, 6.07) is 46.6. The molecule has 0 bridgehead atoms. The first-order valence-corrected chi connectivity index (χ1v) is 22.5. The van der Waals surface area contributed by atoms with Gasteiger partial charge in [-0.3, -0.25) is 9.59 Å². The van der Waals surface area contributed by atoms with Gasteiger partial charge in [0.05, 0.1) is 5.56 Å². The molecule has 3 heterocycles. The summed E-state index contributed by atoms with van der Waals surface area (Å²) < 4.78 is 17.9. The smallest absolute Gasteiger partial charge is 0.266 e. The number of pyridine rings is 1. The van der Waals surface area contributed by atoms with Gasteiger partial charge in [0.15, 0.2) is 0 Å². The minimum absolute atomic E-state index is 0.0360. The molecule has 1 fully saturated rings. The van der Waals surface area contributed by atoms with Crippen molar-refractivity contribution >= 4 is 35.1 Å². The Morgan fingerprint density at radius 3 is 2.03 bits per heavy atom. The minimum atomic E-state index is -0.488. The van der Waals surface area contributed by atoms with E-state index in [1.165, 1.54) is 0 Å². The maximum Gasteiger partial charge on any atom is 0.266 e. The van der Waals surface area contributed by atoms with Crippen molar-refractivity contribution in [1.82, 2.24) is 24.8 Å². The number of ether oxygens (including phenoxy) is 3. The molecule has 8 rings (SSSR count). The monoisotopic (exact) mass is 945 g/mol. The van der Waals surface area contributed by atoms with E-state index in [4.69, 9.17) is 30.9 Å². The lowest BCUT2D eigenvalue weighted by Gasteiger charge is -2.33. The molecule has 0 spiro atoms. The van der Waals surface area contributed by atoms with Gasteiger partial charge in [-0.15, -0.1) is 0 Å². The van der Waals surface area contributed by atoms with Crippen molar-refractivity contribution in [2.75, 3.05) is 55.8 Å². The number of carbonyl (C=O) groups is 2. The predicted octanol–water partition coefficient (Wildman–Crippen LogP) is 9.87. The van der Waals surface area contributed by atoms with Crippen molar-refractivity contribution in [2.24, 2.45) is 0 Å². The third-order valence-electron chi connectivity index (χ3n) is 10.8. The van der Waals surface area contributed by atoms with E-state index in [1.54, 1.807) is 53.7 Å². The number of carbonyl (C=O) groups excluding carboxylic acids is 2. The van der Waals surface area contributed by atoms with Gasteiger partial charge in [0, 0.05) is 55.4 Å². The first kappa shape index (κ1) is 49.4. The van der Waals surface area contributed by atoms with E-state index in [-0.39, 0.29) is 29.0 Å². The molecule has 2 amide bonds. The number of nitrogens with two attached hydrogens (primary N) is 2. The van der Waals surface area contributed by atoms with E-state index in [9.17, 15) is 14.9 Å². The number of rotatable bonds is 15. The highest BCUT2D eigenvalue weighted by Gasteiger charge is 2.26. The molecule has 0 saturated carbocycles. The van der Waals surface area contributed by atoms with Crippen molar-refractivity contribution in [3.05, 3.63) is 176 Å². The second kappa shape index (κ2) is 24.0. The van der Waals surface area contributed by atoms with Gasteiger partial charge in [0.1, 0.15) is 69.4 Å². The molecule has 356 valence electrons. The molecule has 1 unspecified atom stereocenters. The molecule has 0 radical (unpaired) electrons. The Balaban J connectivity index is 0.000000211. The van der Waals surface area contributed by atoms with Crippen molar-refractivity contribution < 1.29 is 23.8 Å². The highest BCUT2D eigenvalue weighted by atomic mass is 16.5. The number of amides is 2. The lowest BCUT2D eigenvalue weighted by molar-refractivity contribution is -0.127. The summed E-state index contributed by atoms with van der Waals surface area (Å²) in [6.07, 6.45) is 6.50. The molecule has 1 saturated heterocycles. The van der Waals surface area contributed by atoms with Crippen molar-refractivity contribution in [3.8, 4) is 68.9 Å². The van der Waals surface area contributed by atoms with Gasteiger partial charge < -0.3 is 46.1 Å². The van der Waals surface area contributed by atoms with Crippen LogP contribution < -0.4 is 36.3 Å². The van der Waals surface area contributed by atoms with E-state index in [0.717, 1.165) is 46.8 Å². The number of aromatic nitrogens is 3. The molecule has 1 aliphatic rings. The molecule has 16 nitrogen and oxygen atoms in total. The SMILES string of the molecule is C=C(C#N)C(=O)N1CCCC(Nc2nc(N)ncc2-c2ccc(Oc3ccccc3)cc2)C1.CN(C)C/C=C(\C#N)C(=O)Nc1cccc(Oc2ccnc(N)c2-c2ccc(Oc3ccccc3)cc2)c1. The summed E-state index contributed by atoms with van der Waals surface area (Å²) in [5.41, 5.74) is 15.7. The molecule has 1 atom stereocenters. The number of hydrogen-bond acceptors (Lipinski definition) is 14. The lowest BCUT2D eigenvalue weighted by Crippen LogP contribution is -2.45. The second-order valence-electron chi connectivity index (χ2n) is 16.3. The zero-order valence-electron chi connectivity index (χ0n) is 39.2. The quantitative estimate of drug-likeness (QED) is 0.0554. The molecule has 71 heavy (non-hydrogen) atoms. The van der Waals surface area contributed by atoms with Gasteiger partial charge in [0.25, 0.3) is 11.8 Å². The number of nitriles is 2. The van der Waals surface area contributed by atoms with Crippen LogP contribution in [0.15, 0.2) is 176 Å². The van der Waals surface area contributed by atoms with E-state index in [1.807, 2.05) is 140 Å². The molecule has 16 heteroatoms. The van der Waals surface area contributed by atoms with Crippen LogP contribution in [0.3, 0.4) is 0 Å². The largest absolute Gasteiger partial charge is 0.457 e. The maximum absolute atomic E-state index is 12.6. The number of para-hydroxylation sites is 2. The standard InChI is InChI=1S/C30H27N5O3.C25H24N6O2/c1-35(2)18-16-22(20-31)30(36)34-23-7-6-10-26(19-23)38-27-15-17-33-29(32)28(27)21-11-13-25(14-12-21)37-24-8-4-3-5-9-24;1-17(14-26)24(32)31-13-5-6-19(16-31)29-23-22(15-28-25(27)30-23)18-9-11-21(12-10-18)33-20-7-3-2-4-8-20/h3-17,19H,18H2,1-2H3,(H2,32,33)(H,34,36);2-4,7-12,15,19H,1,5-6,13,16H2,(H3,27,28,29,30)/b22-16+;. The fourth-order valence-corrected chi connectivity index (χ4v) is 7.33. The molecule has 7 aromatic rings. The Bertz CT molecular complexity index is 3080. The van der Waals surface area contributed by atoms with Crippen molar-refractivity contribution in [1.29, 1.82) is 10.5 Å². The van der Waals surface area contributed by atoms with Crippen molar-refractivity contribution in [3.63, 3.8) is 0 Å². The van der Waals surface area contributed by atoms with Gasteiger partial charge in [-0.25, -0.2) is 9.97 Å². The van der Waals surface area contributed by atoms with Crippen LogP contribution in [-0.2, 0) is 9.59 Å². The summed E-state index contributed by atoms with van der Waals surface area (Å²) in [5.74, 6) is 4.14. The van der Waals surface area contributed by atoms with Crippen LogP contribution in [0.5, 0.6) is 34.5 Å². The summed E-state index contributed by atoms with van der Waals surface area (Å²) in [4.78, 5) is 41.2. The zero-order valence-corrected chi connectivity index (χ0v) is 39.2. The molecular formula is C55H51N11O5. The predicted molar refractivity (Wildman–Crippen MR) is 274 cm³/mol. The zero-order chi connectivity index (χ0) is 50.1. The number of nitrogens with one attached hydrogen (secondary N) is 2. The van der Waals surface area contributed by atoms with Crippen LogP contribution in [0.1, 0.15) is 12.8 Å². The maximum atomic E-state index is 12.6. The topological polar surface area (TPSA) is 231 Å². The van der Waals surface area contributed by atoms with Gasteiger partial charge in [-0.1, -0.05) is 73.3 Å². The Labute approximate surface area is 412 Å². The van der Waals surface area contributed by atoms with Crippen LogP contribution in [0.4, 0.5) is 23.3 Å².